The quantitative estimate of drug-likeness (QED) is 0.689. The number of rotatable bonds is 1. The van der Waals surface area contributed by atoms with Crippen molar-refractivity contribution in [2.24, 2.45) is 0 Å². The Morgan fingerprint density at radius 1 is 1.29 bits per heavy atom. The topological polar surface area (TPSA) is 30.2 Å². The van der Waals surface area contributed by atoms with Crippen molar-refractivity contribution in [3.05, 3.63) is 29.2 Å². The molecule has 0 aliphatic carbocycles. The van der Waals surface area contributed by atoms with Crippen LogP contribution in [-0.4, -0.2) is 14.6 Å². The maximum absolute atomic E-state index is 4.36. The zero-order valence-electron chi connectivity index (χ0n) is 9.07. The van der Waals surface area contributed by atoms with Gasteiger partial charge in [0.1, 0.15) is 5.82 Å². The lowest BCUT2D eigenvalue weighted by atomic mass is 10.0. The van der Waals surface area contributed by atoms with Gasteiger partial charge in [0.2, 0.25) is 0 Å². The Balaban J connectivity index is 2.71. The number of fused-ring (bicyclic) bond motifs is 1. The van der Waals surface area contributed by atoms with E-state index in [-0.39, 0.29) is 0 Å². The first-order valence-corrected chi connectivity index (χ1v) is 4.91. The van der Waals surface area contributed by atoms with Gasteiger partial charge in [-0.1, -0.05) is 19.9 Å². The largest absolute Gasteiger partial charge is 0.220 e. The third kappa shape index (κ3) is 1.39. The first-order valence-electron chi connectivity index (χ1n) is 4.91. The van der Waals surface area contributed by atoms with Crippen molar-refractivity contribution >= 4 is 5.65 Å². The van der Waals surface area contributed by atoms with Crippen LogP contribution >= 0.6 is 0 Å². The van der Waals surface area contributed by atoms with E-state index in [0.717, 1.165) is 11.5 Å². The van der Waals surface area contributed by atoms with Crippen LogP contribution in [0.2, 0.25) is 0 Å². The Bertz CT molecular complexity index is 469. The molecule has 0 spiro atoms. The van der Waals surface area contributed by atoms with Crippen molar-refractivity contribution < 1.29 is 0 Å². The number of hydrogen-bond donors (Lipinski definition) is 0. The van der Waals surface area contributed by atoms with Gasteiger partial charge in [0.25, 0.3) is 0 Å². The molecule has 0 amide bonds. The average Bonchev–Trinajstić information content (AvgIpc) is 2.45. The van der Waals surface area contributed by atoms with Crippen LogP contribution < -0.4 is 0 Å². The van der Waals surface area contributed by atoms with E-state index in [1.165, 1.54) is 11.1 Å². The molecule has 2 rings (SSSR count). The summed E-state index contributed by atoms with van der Waals surface area (Å²) in [7, 11) is 0. The molecule has 2 aromatic heterocycles. The Labute approximate surface area is 83.8 Å². The molecular weight excluding hydrogens is 174 g/mol. The van der Waals surface area contributed by atoms with Crippen molar-refractivity contribution in [2.75, 3.05) is 0 Å². The summed E-state index contributed by atoms with van der Waals surface area (Å²) in [5.74, 6) is 1.36. The molecule has 0 aromatic carbocycles. The van der Waals surface area contributed by atoms with E-state index in [1.54, 1.807) is 0 Å². The summed E-state index contributed by atoms with van der Waals surface area (Å²) in [6.45, 7) is 8.37. The minimum Gasteiger partial charge on any atom is -0.220 e. The van der Waals surface area contributed by atoms with Crippen LogP contribution in [0.3, 0.4) is 0 Å². The Kier molecular flexibility index (Phi) is 2.02. The van der Waals surface area contributed by atoms with Gasteiger partial charge in [-0.05, 0) is 30.9 Å². The summed E-state index contributed by atoms with van der Waals surface area (Å²) < 4.78 is 1.88. The van der Waals surface area contributed by atoms with Crippen LogP contribution in [0.25, 0.3) is 5.65 Å². The number of hydrogen-bond acceptors (Lipinski definition) is 2. The van der Waals surface area contributed by atoms with Gasteiger partial charge in [-0.15, -0.1) is 0 Å². The van der Waals surface area contributed by atoms with Crippen LogP contribution in [0.4, 0.5) is 0 Å². The van der Waals surface area contributed by atoms with Crippen molar-refractivity contribution in [1.29, 1.82) is 0 Å². The predicted molar refractivity (Wildman–Crippen MR) is 56.6 cm³/mol. The number of aryl methyl sites for hydroxylation is 2. The lowest BCUT2D eigenvalue weighted by molar-refractivity contribution is 0.828. The first-order chi connectivity index (χ1) is 6.58. The molecule has 74 valence electrons. The van der Waals surface area contributed by atoms with Crippen LogP contribution in [0, 0.1) is 13.8 Å². The third-order valence-electron chi connectivity index (χ3n) is 2.41. The molecule has 0 radical (unpaired) electrons. The normalized spacial score (nSPS) is 11.5. The maximum atomic E-state index is 4.36. The zero-order valence-corrected chi connectivity index (χ0v) is 9.07. The minimum atomic E-state index is 0.530. The molecule has 0 atom stereocenters. The second kappa shape index (κ2) is 3.08. The van der Waals surface area contributed by atoms with E-state index in [9.17, 15) is 0 Å². The van der Waals surface area contributed by atoms with Gasteiger partial charge in [-0.2, -0.15) is 5.10 Å². The van der Waals surface area contributed by atoms with E-state index in [2.05, 4.69) is 43.1 Å². The highest BCUT2D eigenvalue weighted by atomic mass is 15.3. The molecule has 2 aromatic rings. The summed E-state index contributed by atoms with van der Waals surface area (Å²) in [6, 6.07) is 2.19. The van der Waals surface area contributed by atoms with Gasteiger partial charge >= 0.3 is 0 Å². The monoisotopic (exact) mass is 189 g/mol. The number of pyridine rings is 1. The van der Waals surface area contributed by atoms with Crippen molar-refractivity contribution in [1.82, 2.24) is 14.6 Å². The molecule has 0 fully saturated rings. The molecule has 2 heterocycles. The van der Waals surface area contributed by atoms with Crippen LogP contribution in [0.15, 0.2) is 12.3 Å². The number of nitrogens with zero attached hydrogens (tertiary/aromatic N) is 3. The Morgan fingerprint density at radius 2 is 2.00 bits per heavy atom. The number of aromatic nitrogens is 3. The molecule has 0 N–H and O–H groups in total. The van der Waals surface area contributed by atoms with Crippen molar-refractivity contribution in [2.45, 2.75) is 33.6 Å². The molecule has 3 heteroatoms. The molecule has 0 saturated heterocycles. The highest BCUT2D eigenvalue weighted by Gasteiger charge is 2.06. The molecule has 3 nitrogen and oxygen atoms in total. The van der Waals surface area contributed by atoms with E-state index < -0.39 is 0 Å². The summed E-state index contributed by atoms with van der Waals surface area (Å²) in [6.07, 6.45) is 2.06. The molecule has 14 heavy (non-hydrogen) atoms. The van der Waals surface area contributed by atoms with Crippen LogP contribution in [-0.2, 0) is 0 Å². The van der Waals surface area contributed by atoms with Gasteiger partial charge in [0, 0.05) is 6.20 Å². The second-order valence-electron chi connectivity index (χ2n) is 4.04. The van der Waals surface area contributed by atoms with E-state index in [0.29, 0.717) is 5.92 Å². The van der Waals surface area contributed by atoms with E-state index in [1.807, 2.05) is 11.4 Å². The average molecular weight is 189 g/mol. The fraction of sp³-hybridized carbons (Fsp3) is 0.455. The van der Waals surface area contributed by atoms with Gasteiger partial charge in [-0.25, -0.2) is 9.50 Å². The Hall–Kier alpha value is -1.38. The predicted octanol–water partition coefficient (Wildman–Crippen LogP) is 2.47. The van der Waals surface area contributed by atoms with Gasteiger partial charge < -0.3 is 0 Å². The van der Waals surface area contributed by atoms with Crippen molar-refractivity contribution in [3.63, 3.8) is 0 Å². The SMILES string of the molecule is Cc1nc2c(C)cc(C(C)C)cn2n1. The maximum Gasteiger partial charge on any atom is 0.158 e. The molecular formula is C11H15N3. The van der Waals surface area contributed by atoms with Gasteiger partial charge in [-0.3, -0.25) is 0 Å². The molecule has 0 aliphatic heterocycles. The molecule has 0 bridgehead atoms. The fourth-order valence-corrected chi connectivity index (χ4v) is 1.60. The van der Waals surface area contributed by atoms with Crippen molar-refractivity contribution in [3.8, 4) is 0 Å². The molecule has 0 saturated carbocycles. The van der Waals surface area contributed by atoms with Gasteiger partial charge in [0.15, 0.2) is 5.65 Å². The third-order valence-corrected chi connectivity index (χ3v) is 2.41. The van der Waals surface area contributed by atoms with Crippen LogP contribution in [0.1, 0.15) is 36.7 Å². The smallest absolute Gasteiger partial charge is 0.158 e. The lowest BCUT2D eigenvalue weighted by Crippen LogP contribution is -1.96. The first kappa shape index (κ1) is 9.19. The minimum absolute atomic E-state index is 0.530. The second-order valence-corrected chi connectivity index (χ2v) is 4.04. The van der Waals surface area contributed by atoms with Gasteiger partial charge in [0.05, 0.1) is 0 Å². The standard InChI is InChI=1S/C11H15N3/c1-7(2)10-5-8(3)11-12-9(4)13-14(11)6-10/h5-7H,1-4H3. The Morgan fingerprint density at radius 3 is 2.64 bits per heavy atom. The summed E-state index contributed by atoms with van der Waals surface area (Å²) in [5.41, 5.74) is 3.46. The lowest BCUT2D eigenvalue weighted by Gasteiger charge is -2.06. The molecule has 0 unspecified atom stereocenters. The summed E-state index contributed by atoms with van der Waals surface area (Å²) >= 11 is 0. The summed E-state index contributed by atoms with van der Waals surface area (Å²) in [4.78, 5) is 4.36. The van der Waals surface area contributed by atoms with E-state index >= 15 is 0 Å². The highest BCUT2D eigenvalue weighted by molar-refractivity contribution is 5.48. The molecule has 0 aliphatic rings. The highest BCUT2D eigenvalue weighted by Crippen LogP contribution is 2.17. The fourth-order valence-electron chi connectivity index (χ4n) is 1.60. The zero-order chi connectivity index (χ0) is 10.3. The van der Waals surface area contributed by atoms with E-state index in [4.69, 9.17) is 0 Å². The van der Waals surface area contributed by atoms with Crippen LogP contribution in [0.5, 0.6) is 0 Å². The summed E-state index contributed by atoms with van der Waals surface area (Å²) in [5, 5.41) is 4.32.